The second-order valence-corrected chi connectivity index (χ2v) is 9.64. The minimum Gasteiger partial charge on any atom is -0.373 e. The van der Waals surface area contributed by atoms with Crippen molar-refractivity contribution in [2.24, 2.45) is 11.8 Å². The molecule has 0 radical (unpaired) electrons. The van der Waals surface area contributed by atoms with Crippen molar-refractivity contribution >= 4 is 15.7 Å². The highest BCUT2D eigenvalue weighted by molar-refractivity contribution is 7.92. The number of fused-ring (bicyclic) bond motifs is 2. The lowest BCUT2D eigenvalue weighted by atomic mass is 9.74. The molecule has 2 atom stereocenters. The summed E-state index contributed by atoms with van der Waals surface area (Å²) in [5, 5.41) is 0. The standard InChI is InChI=1S/C20H32N2O3S/c1-4-5-6-12-22-14-17-10-11-18(15-22)20(17,25-2)16-8-7-9-19(13-16)21-26(3,23)24/h7-9,13,17-18,21H,4-6,10-12,14-15H2,1-3H3. The molecule has 0 spiro atoms. The zero-order valence-electron chi connectivity index (χ0n) is 16.2. The van der Waals surface area contributed by atoms with Crippen LogP contribution in [0.5, 0.6) is 0 Å². The first kappa shape index (κ1) is 19.6. The molecular formula is C20H32N2O3S. The number of piperidine rings is 1. The van der Waals surface area contributed by atoms with Gasteiger partial charge in [0, 0.05) is 37.7 Å². The summed E-state index contributed by atoms with van der Waals surface area (Å²) in [7, 11) is -1.47. The van der Waals surface area contributed by atoms with E-state index < -0.39 is 10.0 Å². The fourth-order valence-corrected chi connectivity index (χ4v) is 5.60. The number of hydrogen-bond acceptors (Lipinski definition) is 4. The Morgan fingerprint density at radius 1 is 1.23 bits per heavy atom. The fourth-order valence-electron chi connectivity index (χ4n) is 5.05. The Morgan fingerprint density at radius 3 is 2.50 bits per heavy atom. The first-order valence-electron chi connectivity index (χ1n) is 9.75. The highest BCUT2D eigenvalue weighted by atomic mass is 32.2. The normalized spacial score (nSPS) is 29.0. The number of methoxy groups -OCH3 is 1. The third-order valence-corrected chi connectivity index (χ3v) is 6.67. The zero-order valence-corrected chi connectivity index (χ0v) is 17.0. The second-order valence-electron chi connectivity index (χ2n) is 7.89. The summed E-state index contributed by atoms with van der Waals surface area (Å²) >= 11 is 0. The van der Waals surface area contributed by atoms with Crippen molar-refractivity contribution in [2.75, 3.05) is 37.7 Å². The molecule has 1 N–H and O–H groups in total. The third-order valence-electron chi connectivity index (χ3n) is 6.07. The molecule has 2 aliphatic rings. The second kappa shape index (κ2) is 7.87. The SMILES string of the molecule is CCCCCN1CC2CCC(C1)C2(OC)c1cccc(NS(C)(=O)=O)c1. The maximum Gasteiger partial charge on any atom is 0.229 e. The van der Waals surface area contributed by atoms with Gasteiger partial charge in [0.05, 0.1) is 6.26 Å². The van der Waals surface area contributed by atoms with Crippen LogP contribution in [0.4, 0.5) is 5.69 Å². The van der Waals surface area contributed by atoms with Crippen molar-refractivity contribution in [1.29, 1.82) is 0 Å². The van der Waals surface area contributed by atoms with E-state index in [-0.39, 0.29) is 5.60 Å². The Kier molecular flexibility index (Phi) is 5.94. The van der Waals surface area contributed by atoms with Gasteiger partial charge in [-0.25, -0.2) is 8.42 Å². The van der Waals surface area contributed by atoms with Crippen LogP contribution in [0.15, 0.2) is 24.3 Å². The molecule has 1 aromatic carbocycles. The molecule has 3 rings (SSSR count). The molecule has 2 fully saturated rings. The lowest BCUT2D eigenvalue weighted by molar-refractivity contribution is -0.118. The van der Waals surface area contributed by atoms with E-state index in [2.05, 4.69) is 22.6 Å². The van der Waals surface area contributed by atoms with Crippen LogP contribution >= 0.6 is 0 Å². The molecule has 5 nitrogen and oxygen atoms in total. The predicted octanol–water partition coefficient (Wildman–Crippen LogP) is 3.43. The molecule has 2 unspecified atom stereocenters. The van der Waals surface area contributed by atoms with Gasteiger partial charge in [-0.15, -0.1) is 0 Å². The van der Waals surface area contributed by atoms with Gasteiger partial charge in [-0.3, -0.25) is 4.72 Å². The summed E-state index contributed by atoms with van der Waals surface area (Å²) in [5.41, 5.74) is 1.43. The Morgan fingerprint density at radius 2 is 1.92 bits per heavy atom. The molecule has 0 amide bonds. The monoisotopic (exact) mass is 380 g/mol. The van der Waals surface area contributed by atoms with Crippen LogP contribution in [0.25, 0.3) is 0 Å². The number of likely N-dealkylation sites (tertiary alicyclic amines) is 1. The first-order valence-corrected chi connectivity index (χ1v) is 11.6. The fraction of sp³-hybridized carbons (Fsp3) is 0.700. The summed E-state index contributed by atoms with van der Waals surface area (Å²) in [6.07, 6.45) is 7.34. The van der Waals surface area contributed by atoms with Crippen molar-refractivity contribution in [1.82, 2.24) is 4.90 Å². The lowest BCUT2D eigenvalue weighted by Crippen LogP contribution is -2.53. The van der Waals surface area contributed by atoms with Crippen molar-refractivity contribution < 1.29 is 13.2 Å². The molecule has 146 valence electrons. The van der Waals surface area contributed by atoms with Crippen molar-refractivity contribution in [3.8, 4) is 0 Å². The minimum atomic E-state index is -3.28. The molecule has 1 aliphatic carbocycles. The van der Waals surface area contributed by atoms with Crippen LogP contribution in [0.3, 0.4) is 0 Å². The highest BCUT2D eigenvalue weighted by Crippen LogP contribution is 2.53. The maximum atomic E-state index is 11.6. The number of rotatable bonds is 8. The van der Waals surface area contributed by atoms with Crippen molar-refractivity contribution in [3.63, 3.8) is 0 Å². The average Bonchev–Trinajstić information content (AvgIpc) is 2.77. The summed E-state index contributed by atoms with van der Waals surface area (Å²) in [5.74, 6) is 0.919. The zero-order chi connectivity index (χ0) is 18.8. The number of sulfonamides is 1. The van der Waals surface area contributed by atoms with E-state index in [1.165, 1.54) is 44.9 Å². The summed E-state index contributed by atoms with van der Waals surface area (Å²) < 4.78 is 32.0. The Bertz CT molecular complexity index is 706. The van der Waals surface area contributed by atoms with Crippen LogP contribution in [-0.4, -0.2) is 46.3 Å². The molecule has 1 aromatic rings. The number of anilines is 1. The van der Waals surface area contributed by atoms with Crippen LogP contribution < -0.4 is 4.72 Å². The molecular weight excluding hydrogens is 348 g/mol. The van der Waals surface area contributed by atoms with Gasteiger partial charge in [0.25, 0.3) is 0 Å². The van der Waals surface area contributed by atoms with E-state index >= 15 is 0 Å². The van der Waals surface area contributed by atoms with Gasteiger partial charge in [0.1, 0.15) is 5.60 Å². The van der Waals surface area contributed by atoms with Gasteiger partial charge in [-0.1, -0.05) is 31.9 Å². The quantitative estimate of drug-likeness (QED) is 0.702. The largest absolute Gasteiger partial charge is 0.373 e. The first-order chi connectivity index (χ1) is 12.4. The van der Waals surface area contributed by atoms with Crippen LogP contribution in [0, 0.1) is 11.8 Å². The molecule has 1 saturated carbocycles. The molecule has 1 aliphatic heterocycles. The molecule has 6 heteroatoms. The van der Waals surface area contributed by atoms with Gasteiger partial charge in [-0.05, 0) is 43.5 Å². The topological polar surface area (TPSA) is 58.6 Å². The number of nitrogens with zero attached hydrogens (tertiary/aromatic N) is 1. The van der Waals surface area contributed by atoms with E-state index in [1.54, 1.807) is 6.07 Å². The van der Waals surface area contributed by atoms with Gasteiger partial charge >= 0.3 is 0 Å². The summed E-state index contributed by atoms with van der Waals surface area (Å²) in [6.45, 7) is 5.55. The van der Waals surface area contributed by atoms with E-state index in [9.17, 15) is 8.42 Å². The molecule has 0 aromatic heterocycles. The van der Waals surface area contributed by atoms with E-state index in [0.717, 1.165) is 18.7 Å². The smallest absolute Gasteiger partial charge is 0.229 e. The summed E-state index contributed by atoms with van der Waals surface area (Å²) in [4.78, 5) is 2.61. The number of ether oxygens (including phenoxy) is 1. The van der Waals surface area contributed by atoms with E-state index in [4.69, 9.17) is 4.74 Å². The van der Waals surface area contributed by atoms with Gasteiger partial charge < -0.3 is 9.64 Å². The van der Waals surface area contributed by atoms with Crippen LogP contribution in [0.2, 0.25) is 0 Å². The molecule has 1 saturated heterocycles. The summed E-state index contributed by atoms with van der Waals surface area (Å²) in [6, 6.07) is 7.78. The van der Waals surface area contributed by atoms with Gasteiger partial charge in [0.15, 0.2) is 0 Å². The van der Waals surface area contributed by atoms with Crippen LogP contribution in [-0.2, 0) is 20.4 Å². The molecule has 2 bridgehead atoms. The Balaban J connectivity index is 1.83. The average molecular weight is 381 g/mol. The van der Waals surface area contributed by atoms with Gasteiger partial charge in [0.2, 0.25) is 10.0 Å². The molecule has 1 heterocycles. The van der Waals surface area contributed by atoms with E-state index in [1.807, 2.05) is 19.2 Å². The van der Waals surface area contributed by atoms with Crippen LogP contribution in [0.1, 0.15) is 44.6 Å². The Hall–Kier alpha value is -1.11. The lowest BCUT2D eigenvalue weighted by Gasteiger charge is -2.47. The van der Waals surface area contributed by atoms with Crippen molar-refractivity contribution in [3.05, 3.63) is 29.8 Å². The van der Waals surface area contributed by atoms with Crippen molar-refractivity contribution in [2.45, 2.75) is 44.6 Å². The van der Waals surface area contributed by atoms with Gasteiger partial charge in [-0.2, -0.15) is 0 Å². The van der Waals surface area contributed by atoms with E-state index in [0.29, 0.717) is 17.5 Å². The number of unbranched alkanes of at least 4 members (excludes halogenated alkanes) is 2. The third kappa shape index (κ3) is 3.92. The minimum absolute atomic E-state index is 0.295. The maximum absolute atomic E-state index is 11.6. The number of benzene rings is 1. The Labute approximate surface area is 158 Å². The number of hydrogen-bond donors (Lipinski definition) is 1. The highest BCUT2D eigenvalue weighted by Gasteiger charge is 2.55. The predicted molar refractivity (Wildman–Crippen MR) is 106 cm³/mol. The number of nitrogens with one attached hydrogen (secondary N) is 1. The molecule has 26 heavy (non-hydrogen) atoms.